The highest BCUT2D eigenvalue weighted by Crippen LogP contribution is 2.28. The van der Waals surface area contributed by atoms with E-state index in [4.69, 9.17) is 0 Å². The maximum atomic E-state index is 9.87. The van der Waals surface area contributed by atoms with Crippen LogP contribution in [0.5, 0.6) is 5.75 Å². The summed E-state index contributed by atoms with van der Waals surface area (Å²) in [6.45, 7) is 5.95. The van der Waals surface area contributed by atoms with Crippen LogP contribution in [0, 0.1) is 13.8 Å². The largest absolute Gasteiger partial charge is 0.507 e. The number of anilines is 1. The van der Waals surface area contributed by atoms with Crippen molar-refractivity contribution in [3.8, 4) is 5.75 Å². The van der Waals surface area contributed by atoms with Crippen molar-refractivity contribution in [1.29, 1.82) is 0 Å². The first-order chi connectivity index (χ1) is 8.18. The molecule has 0 spiro atoms. The number of aromatic hydroxyl groups is 1. The molecule has 1 atom stereocenters. The summed E-state index contributed by atoms with van der Waals surface area (Å²) >= 11 is 0. The predicted molar refractivity (Wildman–Crippen MR) is 71.7 cm³/mol. The zero-order chi connectivity index (χ0) is 12.3. The third-order valence-corrected chi connectivity index (χ3v) is 3.58. The average Bonchev–Trinajstić information content (AvgIpc) is 2.36. The van der Waals surface area contributed by atoms with E-state index in [0.717, 1.165) is 29.9 Å². The zero-order valence-corrected chi connectivity index (χ0v) is 10.7. The van der Waals surface area contributed by atoms with Gasteiger partial charge in [-0.05, 0) is 44.9 Å². The summed E-state index contributed by atoms with van der Waals surface area (Å²) in [5.74, 6) is 0.409. The van der Waals surface area contributed by atoms with Crippen LogP contribution in [0.25, 0.3) is 0 Å². The highest BCUT2D eigenvalue weighted by atomic mass is 16.3. The topological polar surface area (TPSA) is 44.3 Å². The van der Waals surface area contributed by atoms with E-state index in [9.17, 15) is 5.11 Å². The fraction of sp³-hybridized carbons (Fsp3) is 0.571. The SMILES string of the molecule is Cc1ccc(NCC2CCCCN2)c(C)c1O. The van der Waals surface area contributed by atoms with Gasteiger partial charge in [-0.25, -0.2) is 0 Å². The summed E-state index contributed by atoms with van der Waals surface area (Å²) in [5.41, 5.74) is 2.92. The third kappa shape index (κ3) is 2.91. The van der Waals surface area contributed by atoms with E-state index in [0.29, 0.717) is 11.8 Å². The lowest BCUT2D eigenvalue weighted by molar-refractivity contribution is 0.414. The van der Waals surface area contributed by atoms with Crippen LogP contribution < -0.4 is 10.6 Å². The van der Waals surface area contributed by atoms with Crippen molar-refractivity contribution < 1.29 is 5.11 Å². The minimum Gasteiger partial charge on any atom is -0.507 e. The molecule has 94 valence electrons. The normalized spacial score (nSPS) is 20.2. The molecule has 1 heterocycles. The Morgan fingerprint density at radius 1 is 1.35 bits per heavy atom. The Morgan fingerprint density at radius 2 is 2.18 bits per heavy atom. The van der Waals surface area contributed by atoms with Crippen LogP contribution in [0.15, 0.2) is 12.1 Å². The van der Waals surface area contributed by atoms with Gasteiger partial charge in [0.1, 0.15) is 5.75 Å². The number of hydrogen-bond donors (Lipinski definition) is 3. The quantitative estimate of drug-likeness (QED) is 0.753. The molecule has 1 aliphatic heterocycles. The third-order valence-electron chi connectivity index (χ3n) is 3.58. The molecule has 17 heavy (non-hydrogen) atoms. The minimum absolute atomic E-state index is 0.409. The van der Waals surface area contributed by atoms with Gasteiger partial charge >= 0.3 is 0 Å². The maximum Gasteiger partial charge on any atom is 0.123 e. The number of rotatable bonds is 3. The number of aryl methyl sites for hydroxylation is 1. The van der Waals surface area contributed by atoms with E-state index in [1.807, 2.05) is 26.0 Å². The standard InChI is InChI=1S/C14H22N2O/c1-10-6-7-13(11(2)14(10)17)16-9-12-5-3-4-8-15-12/h6-7,12,15-17H,3-5,8-9H2,1-2H3. The molecule has 3 heteroatoms. The molecule has 0 aromatic heterocycles. The Labute approximate surface area is 103 Å². The van der Waals surface area contributed by atoms with Crippen molar-refractivity contribution in [2.75, 3.05) is 18.4 Å². The van der Waals surface area contributed by atoms with Crippen LogP contribution in [0.2, 0.25) is 0 Å². The molecule has 1 unspecified atom stereocenters. The molecule has 1 fully saturated rings. The summed E-state index contributed by atoms with van der Waals surface area (Å²) in [7, 11) is 0. The lowest BCUT2D eigenvalue weighted by Crippen LogP contribution is -2.39. The van der Waals surface area contributed by atoms with Crippen molar-refractivity contribution in [2.24, 2.45) is 0 Å². The second kappa shape index (κ2) is 5.41. The van der Waals surface area contributed by atoms with Gasteiger partial charge in [-0.3, -0.25) is 0 Å². The smallest absolute Gasteiger partial charge is 0.123 e. The first-order valence-electron chi connectivity index (χ1n) is 6.45. The lowest BCUT2D eigenvalue weighted by Gasteiger charge is -2.24. The summed E-state index contributed by atoms with van der Waals surface area (Å²) in [5, 5.41) is 16.8. The predicted octanol–water partition coefficient (Wildman–Crippen LogP) is 2.56. The first-order valence-corrected chi connectivity index (χ1v) is 6.45. The van der Waals surface area contributed by atoms with Crippen LogP contribution in [0.1, 0.15) is 30.4 Å². The molecule has 0 aliphatic carbocycles. The van der Waals surface area contributed by atoms with Crippen LogP contribution in [0.4, 0.5) is 5.69 Å². The fourth-order valence-electron chi connectivity index (χ4n) is 2.36. The van der Waals surface area contributed by atoms with Crippen molar-refractivity contribution in [3.63, 3.8) is 0 Å². The molecule has 0 saturated carbocycles. The highest BCUT2D eigenvalue weighted by Gasteiger charge is 2.13. The average molecular weight is 234 g/mol. The van der Waals surface area contributed by atoms with E-state index >= 15 is 0 Å². The Balaban J connectivity index is 1.96. The first kappa shape index (κ1) is 12.2. The molecule has 1 aromatic rings. The van der Waals surface area contributed by atoms with Gasteiger partial charge in [0.2, 0.25) is 0 Å². The molecular weight excluding hydrogens is 212 g/mol. The zero-order valence-electron chi connectivity index (χ0n) is 10.7. The van der Waals surface area contributed by atoms with Gasteiger partial charge in [0.05, 0.1) is 0 Å². The number of benzene rings is 1. The van der Waals surface area contributed by atoms with Crippen LogP contribution in [-0.2, 0) is 0 Å². The summed E-state index contributed by atoms with van der Waals surface area (Å²) < 4.78 is 0. The van der Waals surface area contributed by atoms with Crippen LogP contribution in [0.3, 0.4) is 0 Å². The number of phenols is 1. The number of hydrogen-bond acceptors (Lipinski definition) is 3. The van der Waals surface area contributed by atoms with Gasteiger partial charge in [0, 0.05) is 23.8 Å². The van der Waals surface area contributed by atoms with Gasteiger partial charge in [-0.2, -0.15) is 0 Å². The molecule has 0 radical (unpaired) electrons. The molecule has 0 bridgehead atoms. The van der Waals surface area contributed by atoms with E-state index in [2.05, 4.69) is 10.6 Å². The van der Waals surface area contributed by atoms with Crippen molar-refractivity contribution >= 4 is 5.69 Å². The Bertz CT molecular complexity index is 384. The molecular formula is C14H22N2O. The summed E-state index contributed by atoms with van der Waals surface area (Å²) in [6, 6.07) is 4.57. The fourth-order valence-corrected chi connectivity index (χ4v) is 2.36. The van der Waals surface area contributed by atoms with Crippen LogP contribution in [-0.4, -0.2) is 24.2 Å². The number of nitrogens with one attached hydrogen (secondary N) is 2. The molecule has 1 aliphatic rings. The summed E-state index contributed by atoms with van der Waals surface area (Å²) in [6.07, 6.45) is 3.85. The van der Waals surface area contributed by atoms with Gasteiger partial charge in [0.25, 0.3) is 0 Å². The molecule has 3 N–H and O–H groups in total. The second-order valence-electron chi connectivity index (χ2n) is 4.93. The Hall–Kier alpha value is -1.22. The highest BCUT2D eigenvalue weighted by molar-refractivity contribution is 5.59. The molecule has 1 saturated heterocycles. The molecule has 3 nitrogen and oxygen atoms in total. The second-order valence-corrected chi connectivity index (χ2v) is 4.93. The van der Waals surface area contributed by atoms with Gasteiger partial charge < -0.3 is 15.7 Å². The number of piperidine rings is 1. The number of phenolic OH excluding ortho intramolecular Hbond substituents is 1. The van der Waals surface area contributed by atoms with Gasteiger partial charge in [-0.1, -0.05) is 12.5 Å². The van der Waals surface area contributed by atoms with Crippen molar-refractivity contribution in [3.05, 3.63) is 23.3 Å². The summed E-state index contributed by atoms with van der Waals surface area (Å²) in [4.78, 5) is 0. The van der Waals surface area contributed by atoms with E-state index in [-0.39, 0.29) is 0 Å². The van der Waals surface area contributed by atoms with Crippen molar-refractivity contribution in [1.82, 2.24) is 5.32 Å². The molecule has 2 rings (SSSR count). The Morgan fingerprint density at radius 3 is 2.88 bits per heavy atom. The maximum absolute atomic E-state index is 9.87. The van der Waals surface area contributed by atoms with Crippen LogP contribution >= 0.6 is 0 Å². The van der Waals surface area contributed by atoms with Crippen molar-refractivity contribution in [2.45, 2.75) is 39.2 Å². The van der Waals surface area contributed by atoms with E-state index < -0.39 is 0 Å². The van der Waals surface area contributed by atoms with Gasteiger partial charge in [0.15, 0.2) is 0 Å². The lowest BCUT2D eigenvalue weighted by atomic mass is 10.0. The van der Waals surface area contributed by atoms with E-state index in [1.165, 1.54) is 19.3 Å². The Kier molecular flexibility index (Phi) is 3.89. The molecule has 0 amide bonds. The minimum atomic E-state index is 0.409. The van der Waals surface area contributed by atoms with Gasteiger partial charge in [-0.15, -0.1) is 0 Å². The molecule has 1 aromatic carbocycles. The monoisotopic (exact) mass is 234 g/mol. The van der Waals surface area contributed by atoms with E-state index in [1.54, 1.807) is 0 Å².